The standard InChI is InChI=1S/C13H8BrClN2OS2/c1-17-11-7(15)3-2-4-8(11)20-13(17)16-12(18)9-5-6-10(14)19-9/h2-6H,1H3. The normalized spacial score (nSPS) is 12.2. The summed E-state index contributed by atoms with van der Waals surface area (Å²) >= 11 is 12.4. The molecule has 0 atom stereocenters. The van der Waals surface area contributed by atoms with Gasteiger partial charge in [-0.25, -0.2) is 0 Å². The van der Waals surface area contributed by atoms with Crippen molar-refractivity contribution in [3.63, 3.8) is 0 Å². The largest absolute Gasteiger partial charge is 0.318 e. The zero-order chi connectivity index (χ0) is 14.3. The topological polar surface area (TPSA) is 34.4 Å². The summed E-state index contributed by atoms with van der Waals surface area (Å²) in [5.41, 5.74) is 0.901. The van der Waals surface area contributed by atoms with Crippen LogP contribution in [-0.2, 0) is 7.05 Å². The number of nitrogens with zero attached hydrogens (tertiary/aromatic N) is 2. The lowest BCUT2D eigenvalue weighted by Gasteiger charge is -1.97. The highest BCUT2D eigenvalue weighted by Crippen LogP contribution is 2.25. The molecule has 3 nitrogen and oxygen atoms in total. The molecule has 20 heavy (non-hydrogen) atoms. The number of hydrogen-bond acceptors (Lipinski definition) is 3. The Morgan fingerprint density at radius 3 is 2.75 bits per heavy atom. The summed E-state index contributed by atoms with van der Waals surface area (Å²) in [4.78, 5) is 17.6. The van der Waals surface area contributed by atoms with Gasteiger partial charge in [-0.15, -0.1) is 11.3 Å². The third-order valence-corrected chi connectivity index (χ3v) is 5.77. The molecule has 1 amide bonds. The first-order valence-corrected chi connectivity index (χ1v) is 8.45. The Hall–Kier alpha value is -0.950. The fourth-order valence-electron chi connectivity index (χ4n) is 1.83. The second-order valence-electron chi connectivity index (χ2n) is 4.05. The number of benzene rings is 1. The molecule has 7 heteroatoms. The first-order chi connectivity index (χ1) is 9.56. The van der Waals surface area contributed by atoms with Crippen molar-refractivity contribution >= 4 is 66.3 Å². The van der Waals surface area contributed by atoms with Crippen LogP contribution in [0.1, 0.15) is 9.67 Å². The number of carbonyl (C=O) groups excluding carboxylic acids is 1. The van der Waals surface area contributed by atoms with Gasteiger partial charge in [0, 0.05) is 7.05 Å². The number of aromatic nitrogens is 1. The number of para-hydroxylation sites is 1. The molecule has 0 saturated heterocycles. The van der Waals surface area contributed by atoms with Gasteiger partial charge in [0.15, 0.2) is 4.80 Å². The van der Waals surface area contributed by atoms with Gasteiger partial charge in [-0.05, 0) is 40.2 Å². The quantitative estimate of drug-likeness (QED) is 0.607. The van der Waals surface area contributed by atoms with Crippen molar-refractivity contribution in [3.8, 4) is 0 Å². The third-order valence-electron chi connectivity index (χ3n) is 2.75. The van der Waals surface area contributed by atoms with Crippen LogP contribution in [0.15, 0.2) is 39.1 Å². The van der Waals surface area contributed by atoms with Gasteiger partial charge in [-0.2, -0.15) is 4.99 Å². The van der Waals surface area contributed by atoms with Crippen LogP contribution >= 0.6 is 50.2 Å². The summed E-state index contributed by atoms with van der Waals surface area (Å²) in [6.07, 6.45) is 0. The number of rotatable bonds is 1. The van der Waals surface area contributed by atoms with Gasteiger partial charge < -0.3 is 4.57 Å². The maximum absolute atomic E-state index is 12.1. The molecule has 3 aromatic rings. The van der Waals surface area contributed by atoms with Crippen LogP contribution in [0.4, 0.5) is 0 Å². The molecule has 0 spiro atoms. The number of aryl methyl sites for hydroxylation is 1. The van der Waals surface area contributed by atoms with Crippen molar-refractivity contribution in [2.45, 2.75) is 0 Å². The summed E-state index contributed by atoms with van der Waals surface area (Å²) in [7, 11) is 1.86. The molecular formula is C13H8BrClN2OS2. The molecule has 0 bridgehead atoms. The summed E-state index contributed by atoms with van der Waals surface area (Å²) in [6.45, 7) is 0. The average molecular weight is 388 g/mol. The van der Waals surface area contributed by atoms with E-state index < -0.39 is 0 Å². The monoisotopic (exact) mass is 386 g/mol. The molecule has 0 N–H and O–H groups in total. The molecule has 1 aromatic carbocycles. The number of thiophene rings is 1. The molecule has 0 aliphatic rings. The van der Waals surface area contributed by atoms with E-state index in [0.717, 1.165) is 14.0 Å². The fourth-order valence-corrected chi connectivity index (χ4v) is 4.51. The summed E-state index contributed by atoms with van der Waals surface area (Å²) < 4.78 is 3.78. The van der Waals surface area contributed by atoms with E-state index >= 15 is 0 Å². The lowest BCUT2D eigenvalue weighted by molar-refractivity contribution is 0.100. The van der Waals surface area contributed by atoms with Gasteiger partial charge in [-0.1, -0.05) is 29.0 Å². The zero-order valence-electron chi connectivity index (χ0n) is 10.3. The Morgan fingerprint density at radius 1 is 1.30 bits per heavy atom. The minimum absolute atomic E-state index is 0.237. The summed E-state index contributed by atoms with van der Waals surface area (Å²) in [6, 6.07) is 9.30. The number of amides is 1. The van der Waals surface area contributed by atoms with Crippen LogP contribution in [0, 0.1) is 0 Å². The van der Waals surface area contributed by atoms with Crippen molar-refractivity contribution in [2.24, 2.45) is 12.0 Å². The maximum Gasteiger partial charge on any atom is 0.289 e. The van der Waals surface area contributed by atoms with Gasteiger partial charge in [-0.3, -0.25) is 4.79 Å². The van der Waals surface area contributed by atoms with Crippen molar-refractivity contribution in [2.75, 3.05) is 0 Å². The minimum Gasteiger partial charge on any atom is -0.318 e. The highest BCUT2D eigenvalue weighted by Gasteiger charge is 2.10. The Morgan fingerprint density at radius 2 is 2.10 bits per heavy atom. The number of halogens is 2. The second-order valence-corrected chi connectivity index (χ2v) is 7.93. The van der Waals surface area contributed by atoms with Crippen LogP contribution in [0.5, 0.6) is 0 Å². The number of fused-ring (bicyclic) bond motifs is 1. The zero-order valence-corrected chi connectivity index (χ0v) is 14.2. The second kappa shape index (κ2) is 5.44. The molecule has 0 radical (unpaired) electrons. The number of hydrogen-bond donors (Lipinski definition) is 0. The Kier molecular flexibility index (Phi) is 3.81. The molecule has 0 unspecified atom stereocenters. The summed E-state index contributed by atoms with van der Waals surface area (Å²) in [5, 5.41) is 0.661. The van der Waals surface area contributed by atoms with Crippen molar-refractivity contribution in [1.82, 2.24) is 4.57 Å². The molecule has 102 valence electrons. The van der Waals surface area contributed by atoms with E-state index in [1.54, 1.807) is 6.07 Å². The van der Waals surface area contributed by atoms with Gasteiger partial charge in [0.2, 0.25) is 0 Å². The SMILES string of the molecule is Cn1c(=NC(=O)c2ccc(Br)s2)sc2cccc(Cl)c21. The van der Waals surface area contributed by atoms with Crippen molar-refractivity contribution in [3.05, 3.63) is 48.8 Å². The highest BCUT2D eigenvalue weighted by molar-refractivity contribution is 9.11. The molecular weight excluding hydrogens is 380 g/mol. The number of carbonyl (C=O) groups is 1. The van der Waals surface area contributed by atoms with Crippen molar-refractivity contribution in [1.29, 1.82) is 0 Å². The summed E-state index contributed by atoms with van der Waals surface area (Å²) in [5.74, 6) is -0.237. The Bertz CT molecular complexity index is 878. The van der Waals surface area contributed by atoms with Gasteiger partial charge in [0.05, 0.1) is 23.9 Å². The van der Waals surface area contributed by atoms with Crippen LogP contribution in [-0.4, -0.2) is 10.5 Å². The van der Waals surface area contributed by atoms with Gasteiger partial charge in [0.25, 0.3) is 5.91 Å². The number of thiazole rings is 1. The van der Waals surface area contributed by atoms with E-state index in [9.17, 15) is 4.79 Å². The van der Waals surface area contributed by atoms with Gasteiger partial charge >= 0.3 is 0 Å². The molecule has 0 saturated carbocycles. The van der Waals surface area contributed by atoms with E-state index in [-0.39, 0.29) is 5.91 Å². The lowest BCUT2D eigenvalue weighted by Crippen LogP contribution is -2.12. The predicted octanol–water partition coefficient (Wildman–Crippen LogP) is 4.46. The van der Waals surface area contributed by atoms with Crippen LogP contribution in [0.25, 0.3) is 10.2 Å². The fraction of sp³-hybridized carbons (Fsp3) is 0.0769. The Labute approximate surface area is 136 Å². The molecule has 2 heterocycles. The Balaban J connectivity index is 2.15. The van der Waals surface area contributed by atoms with Crippen molar-refractivity contribution < 1.29 is 4.79 Å². The minimum atomic E-state index is -0.237. The smallest absolute Gasteiger partial charge is 0.289 e. The molecule has 2 aromatic heterocycles. The highest BCUT2D eigenvalue weighted by atomic mass is 79.9. The molecule has 3 rings (SSSR count). The first-order valence-electron chi connectivity index (χ1n) is 5.64. The van der Waals surface area contributed by atoms with E-state index in [1.165, 1.54) is 22.7 Å². The van der Waals surface area contributed by atoms with E-state index in [4.69, 9.17) is 11.6 Å². The van der Waals surface area contributed by atoms with Crippen LogP contribution in [0.2, 0.25) is 5.02 Å². The lowest BCUT2D eigenvalue weighted by atomic mass is 10.3. The predicted molar refractivity (Wildman–Crippen MR) is 87.7 cm³/mol. The van der Waals surface area contributed by atoms with E-state index in [1.807, 2.05) is 35.9 Å². The molecule has 0 aliphatic carbocycles. The molecule has 0 fully saturated rings. The average Bonchev–Trinajstić information content (AvgIpc) is 2.96. The van der Waals surface area contributed by atoms with E-state index in [0.29, 0.717) is 14.7 Å². The van der Waals surface area contributed by atoms with E-state index in [2.05, 4.69) is 20.9 Å². The van der Waals surface area contributed by atoms with Gasteiger partial charge in [0.1, 0.15) is 0 Å². The van der Waals surface area contributed by atoms with Crippen LogP contribution < -0.4 is 4.80 Å². The maximum atomic E-state index is 12.1. The van der Waals surface area contributed by atoms with Crippen LogP contribution in [0.3, 0.4) is 0 Å². The molecule has 0 aliphatic heterocycles. The third kappa shape index (κ3) is 2.48. The first kappa shape index (κ1) is 14.0.